The van der Waals surface area contributed by atoms with Gasteiger partial charge in [-0.25, -0.2) is 0 Å². The van der Waals surface area contributed by atoms with Gasteiger partial charge in [-0.05, 0) is 31.0 Å². The van der Waals surface area contributed by atoms with Gasteiger partial charge in [0.2, 0.25) is 5.91 Å². The van der Waals surface area contributed by atoms with Gasteiger partial charge in [0.1, 0.15) is 0 Å². The van der Waals surface area contributed by atoms with E-state index in [9.17, 15) is 19.8 Å². The van der Waals surface area contributed by atoms with E-state index in [2.05, 4.69) is 5.32 Å². The monoisotopic (exact) mass is 378 g/mol. The molecular weight excluding hydrogens is 356 g/mol. The number of carbonyl (C=O) groups excluding carboxylic acids is 2. The molecule has 1 aromatic rings. The molecule has 7 heteroatoms. The summed E-state index contributed by atoms with van der Waals surface area (Å²) in [4.78, 5) is 26.4. The van der Waals surface area contributed by atoms with Gasteiger partial charge in [-0.2, -0.15) is 0 Å². The second-order valence-corrected chi connectivity index (χ2v) is 7.33. The Hall–Kier alpha value is -1.89. The standard InChI is InChI=1S/C19H23ClN2O4/c1-12(4-2-6-17(24)22-9-3-5-14(22)11-23)19(26)15-10-13(20)7-8-16(15)21-18(19)25/h2,4,7-8,10,12,14,23,26H,3,5-6,9,11H2,1H3,(H,21,25)/b4-2+/t12-,14+,19+/m1/s1. The number of fused-ring (bicyclic) bond motifs is 1. The number of rotatable bonds is 5. The molecule has 0 unspecified atom stereocenters. The topological polar surface area (TPSA) is 89.9 Å². The van der Waals surface area contributed by atoms with Crippen molar-refractivity contribution in [3.8, 4) is 0 Å². The van der Waals surface area contributed by atoms with Crippen molar-refractivity contribution in [3.05, 3.63) is 40.9 Å². The minimum atomic E-state index is -1.72. The number of hydrogen-bond acceptors (Lipinski definition) is 4. The third-order valence-corrected chi connectivity index (χ3v) is 5.51. The molecule has 2 amide bonds. The zero-order valence-electron chi connectivity index (χ0n) is 14.6. The lowest BCUT2D eigenvalue weighted by Gasteiger charge is -2.26. The molecule has 0 radical (unpaired) electrons. The molecule has 2 aliphatic heterocycles. The molecule has 3 N–H and O–H groups in total. The van der Waals surface area contributed by atoms with E-state index in [1.807, 2.05) is 0 Å². The SMILES string of the molecule is C[C@H](/C=C/CC(=O)N1CCC[C@H]1CO)[C@@]1(O)C(=O)Nc2ccc(Cl)cc21. The minimum Gasteiger partial charge on any atom is -0.394 e. The highest BCUT2D eigenvalue weighted by atomic mass is 35.5. The number of aliphatic hydroxyl groups is 2. The average molecular weight is 379 g/mol. The second-order valence-electron chi connectivity index (χ2n) is 6.90. The highest BCUT2D eigenvalue weighted by molar-refractivity contribution is 6.31. The zero-order chi connectivity index (χ0) is 18.9. The largest absolute Gasteiger partial charge is 0.394 e. The molecule has 1 aromatic carbocycles. The summed E-state index contributed by atoms with van der Waals surface area (Å²) in [6.07, 6.45) is 5.24. The lowest BCUT2D eigenvalue weighted by molar-refractivity contribution is -0.137. The van der Waals surface area contributed by atoms with Crippen LogP contribution >= 0.6 is 11.6 Å². The van der Waals surface area contributed by atoms with Crippen LogP contribution in [0.5, 0.6) is 0 Å². The highest BCUT2D eigenvalue weighted by Crippen LogP contribution is 2.42. The van der Waals surface area contributed by atoms with Gasteiger partial charge < -0.3 is 20.4 Å². The molecule has 2 aliphatic rings. The van der Waals surface area contributed by atoms with Crippen molar-refractivity contribution in [3.63, 3.8) is 0 Å². The summed E-state index contributed by atoms with van der Waals surface area (Å²) in [6, 6.07) is 4.79. The number of hydrogen-bond donors (Lipinski definition) is 3. The van der Waals surface area contributed by atoms with E-state index < -0.39 is 17.4 Å². The Labute approximate surface area is 157 Å². The van der Waals surface area contributed by atoms with Crippen LogP contribution in [0.15, 0.2) is 30.4 Å². The Morgan fingerprint density at radius 3 is 3.04 bits per heavy atom. The summed E-state index contributed by atoms with van der Waals surface area (Å²) in [6.45, 7) is 2.36. The Morgan fingerprint density at radius 2 is 2.31 bits per heavy atom. The fourth-order valence-corrected chi connectivity index (χ4v) is 3.89. The van der Waals surface area contributed by atoms with Crippen LogP contribution in [0.3, 0.4) is 0 Å². The maximum Gasteiger partial charge on any atom is 0.261 e. The quantitative estimate of drug-likeness (QED) is 0.684. The maximum absolute atomic E-state index is 12.4. The normalized spacial score (nSPS) is 26.2. The molecule has 1 fully saturated rings. The van der Waals surface area contributed by atoms with E-state index in [-0.39, 0.29) is 25.0 Å². The number of likely N-dealkylation sites (tertiary alicyclic amines) is 1. The van der Waals surface area contributed by atoms with Crippen LogP contribution in [0, 0.1) is 5.92 Å². The maximum atomic E-state index is 12.4. The van der Waals surface area contributed by atoms with Crippen molar-refractivity contribution in [1.29, 1.82) is 0 Å². The summed E-state index contributed by atoms with van der Waals surface area (Å²) >= 11 is 6.01. The van der Waals surface area contributed by atoms with Gasteiger partial charge in [0.05, 0.1) is 12.6 Å². The summed E-state index contributed by atoms with van der Waals surface area (Å²) < 4.78 is 0. The van der Waals surface area contributed by atoms with E-state index in [0.717, 1.165) is 12.8 Å². The van der Waals surface area contributed by atoms with Gasteiger partial charge in [0.25, 0.3) is 5.91 Å². The third-order valence-electron chi connectivity index (χ3n) is 5.27. The number of anilines is 1. The lowest BCUT2D eigenvalue weighted by atomic mass is 9.83. The molecule has 26 heavy (non-hydrogen) atoms. The number of nitrogens with zero attached hydrogens (tertiary/aromatic N) is 1. The number of benzene rings is 1. The number of aliphatic hydroxyl groups excluding tert-OH is 1. The Morgan fingerprint density at radius 1 is 1.54 bits per heavy atom. The third kappa shape index (κ3) is 3.24. The molecule has 0 spiro atoms. The van der Waals surface area contributed by atoms with E-state index >= 15 is 0 Å². The first-order chi connectivity index (χ1) is 12.4. The molecule has 1 saturated heterocycles. The van der Waals surface area contributed by atoms with Gasteiger partial charge in [-0.1, -0.05) is 30.7 Å². The van der Waals surface area contributed by atoms with E-state index in [0.29, 0.717) is 22.8 Å². The Kier molecular flexibility index (Phi) is 5.37. The van der Waals surface area contributed by atoms with Crippen molar-refractivity contribution in [2.24, 2.45) is 5.92 Å². The minimum absolute atomic E-state index is 0.0245. The van der Waals surface area contributed by atoms with Crippen LogP contribution in [0.25, 0.3) is 0 Å². The summed E-state index contributed by atoms with van der Waals surface area (Å²) in [5, 5.41) is 23.4. The molecule has 140 valence electrons. The second kappa shape index (κ2) is 7.39. The van der Waals surface area contributed by atoms with Crippen LogP contribution in [-0.4, -0.2) is 46.1 Å². The Balaban J connectivity index is 1.71. The van der Waals surface area contributed by atoms with E-state index in [1.54, 1.807) is 42.2 Å². The van der Waals surface area contributed by atoms with Gasteiger partial charge in [-0.15, -0.1) is 0 Å². The molecule has 6 nitrogen and oxygen atoms in total. The molecular formula is C19H23ClN2O4. The van der Waals surface area contributed by atoms with E-state index in [1.165, 1.54) is 0 Å². The van der Waals surface area contributed by atoms with E-state index in [4.69, 9.17) is 11.6 Å². The number of nitrogens with one attached hydrogen (secondary N) is 1. The molecule has 3 rings (SSSR count). The van der Waals surface area contributed by atoms with Gasteiger partial charge in [0.15, 0.2) is 5.60 Å². The Bertz CT molecular complexity index is 751. The first-order valence-electron chi connectivity index (χ1n) is 8.78. The van der Waals surface area contributed by atoms with Crippen molar-refractivity contribution >= 4 is 29.1 Å². The predicted octanol–water partition coefficient (Wildman–Crippen LogP) is 2.05. The number of amides is 2. The fourth-order valence-electron chi connectivity index (χ4n) is 3.72. The first-order valence-corrected chi connectivity index (χ1v) is 9.16. The fraction of sp³-hybridized carbons (Fsp3) is 0.474. The number of carbonyl (C=O) groups is 2. The molecule has 0 aliphatic carbocycles. The van der Waals surface area contributed by atoms with Crippen LogP contribution in [0.4, 0.5) is 5.69 Å². The van der Waals surface area contributed by atoms with Crippen LogP contribution in [0.1, 0.15) is 31.7 Å². The summed E-state index contributed by atoms with van der Waals surface area (Å²) in [5.41, 5.74) is -0.736. The summed E-state index contributed by atoms with van der Waals surface area (Å²) in [5.74, 6) is -1.10. The van der Waals surface area contributed by atoms with Crippen molar-refractivity contribution in [2.45, 2.75) is 37.8 Å². The molecule has 2 heterocycles. The lowest BCUT2D eigenvalue weighted by Crippen LogP contribution is -2.40. The molecule has 0 bridgehead atoms. The molecule has 3 atom stereocenters. The van der Waals surface area contributed by atoms with Gasteiger partial charge in [0, 0.05) is 35.2 Å². The zero-order valence-corrected chi connectivity index (χ0v) is 15.4. The molecule has 0 saturated carbocycles. The van der Waals surface area contributed by atoms with Crippen molar-refractivity contribution in [2.75, 3.05) is 18.5 Å². The molecule has 0 aromatic heterocycles. The summed E-state index contributed by atoms with van der Waals surface area (Å²) in [7, 11) is 0. The van der Waals surface area contributed by atoms with Crippen LogP contribution in [0.2, 0.25) is 5.02 Å². The average Bonchev–Trinajstić information content (AvgIpc) is 3.19. The van der Waals surface area contributed by atoms with Crippen molar-refractivity contribution in [1.82, 2.24) is 4.90 Å². The number of halogens is 1. The van der Waals surface area contributed by atoms with Gasteiger partial charge in [-0.3, -0.25) is 9.59 Å². The highest BCUT2D eigenvalue weighted by Gasteiger charge is 2.48. The van der Waals surface area contributed by atoms with Crippen LogP contribution in [-0.2, 0) is 15.2 Å². The smallest absolute Gasteiger partial charge is 0.261 e. The predicted molar refractivity (Wildman–Crippen MR) is 98.7 cm³/mol. The van der Waals surface area contributed by atoms with Crippen LogP contribution < -0.4 is 5.32 Å². The van der Waals surface area contributed by atoms with Crippen molar-refractivity contribution < 1.29 is 19.8 Å². The first kappa shape index (κ1) is 18.9. The van der Waals surface area contributed by atoms with Gasteiger partial charge >= 0.3 is 0 Å².